The first-order chi connectivity index (χ1) is 7.96. The summed E-state index contributed by atoms with van der Waals surface area (Å²) in [5, 5.41) is 2.44. The van der Waals surface area contributed by atoms with E-state index in [1.165, 1.54) is 0 Å². The number of thiol groups is 1. The van der Waals surface area contributed by atoms with Crippen LogP contribution in [0.1, 0.15) is 20.3 Å². The molecule has 0 bridgehead atoms. The lowest BCUT2D eigenvalue weighted by Gasteiger charge is -2.24. The van der Waals surface area contributed by atoms with Gasteiger partial charge in [0, 0.05) is 18.8 Å². The van der Waals surface area contributed by atoms with Crippen LogP contribution in [0, 0.1) is 0 Å². The van der Waals surface area contributed by atoms with E-state index in [1.807, 2.05) is 13.8 Å². The fourth-order valence-electron chi connectivity index (χ4n) is 1.34. The van der Waals surface area contributed by atoms with E-state index in [-0.39, 0.29) is 11.7 Å². The maximum atomic E-state index is 11.9. The number of nitrogens with zero attached hydrogens (tertiary/aromatic N) is 1. The van der Waals surface area contributed by atoms with Gasteiger partial charge in [0.05, 0.1) is 0 Å². The number of hydrogen-bond donors (Lipinski definition) is 3. The molecule has 0 radical (unpaired) electrons. The average Bonchev–Trinajstić information content (AvgIpc) is 2.26. The second-order valence-electron chi connectivity index (χ2n) is 3.46. The Hall–Kier alpha value is -1.24. The molecule has 0 aromatic heterocycles. The van der Waals surface area contributed by atoms with Crippen molar-refractivity contribution in [3.8, 4) is 0 Å². The molecule has 17 heavy (non-hydrogen) atoms. The molecule has 3 amide bonds. The van der Waals surface area contributed by atoms with Gasteiger partial charge < -0.3 is 16.0 Å². The molecule has 3 N–H and O–H groups in total. The van der Waals surface area contributed by atoms with E-state index in [1.54, 1.807) is 4.90 Å². The van der Waals surface area contributed by atoms with Crippen LogP contribution in [0.25, 0.3) is 0 Å². The number of hydrogen-bond acceptors (Lipinski definition) is 4. The number of amides is 3. The summed E-state index contributed by atoms with van der Waals surface area (Å²) in [5.74, 6) is -1.31. The quantitative estimate of drug-likeness (QED) is 0.411. The summed E-state index contributed by atoms with van der Waals surface area (Å²) in [6.45, 7) is 4.82. The third kappa shape index (κ3) is 5.58. The first-order valence-electron chi connectivity index (χ1n) is 5.43. The molecule has 0 spiro atoms. The zero-order chi connectivity index (χ0) is 13.4. The summed E-state index contributed by atoms with van der Waals surface area (Å²) in [6.07, 6.45) is -0.421. The lowest BCUT2D eigenvalue weighted by molar-refractivity contribution is -0.136. The van der Waals surface area contributed by atoms with Gasteiger partial charge in [-0.25, -0.2) is 0 Å². The lowest BCUT2D eigenvalue weighted by atomic mass is 10.2. The van der Waals surface area contributed by atoms with Crippen LogP contribution >= 0.6 is 12.6 Å². The van der Waals surface area contributed by atoms with Crippen molar-refractivity contribution in [3.05, 3.63) is 0 Å². The Balaban J connectivity index is 4.46. The molecule has 0 aromatic rings. The van der Waals surface area contributed by atoms with E-state index in [2.05, 4.69) is 17.9 Å². The first-order valence-corrected chi connectivity index (χ1v) is 6.06. The highest BCUT2D eigenvalue weighted by Gasteiger charge is 2.23. The van der Waals surface area contributed by atoms with Crippen molar-refractivity contribution >= 4 is 30.4 Å². The molecule has 0 aliphatic rings. The van der Waals surface area contributed by atoms with E-state index < -0.39 is 24.3 Å². The smallest absolute Gasteiger partial charge is 0.245 e. The van der Waals surface area contributed by atoms with Crippen molar-refractivity contribution in [1.82, 2.24) is 10.2 Å². The zero-order valence-electron chi connectivity index (χ0n) is 10.1. The van der Waals surface area contributed by atoms with Crippen LogP contribution in [0.15, 0.2) is 0 Å². The molecule has 6 nitrogen and oxygen atoms in total. The van der Waals surface area contributed by atoms with Crippen LogP contribution in [-0.2, 0) is 14.4 Å². The van der Waals surface area contributed by atoms with Gasteiger partial charge in [0.2, 0.25) is 17.7 Å². The number of likely N-dealkylation sites (N-methyl/N-ethyl adjacent to an activating group) is 1. The maximum Gasteiger partial charge on any atom is 0.245 e. The summed E-state index contributed by atoms with van der Waals surface area (Å²) in [6, 6.07) is -0.718. The minimum absolute atomic E-state index is 0.180. The molecule has 0 aliphatic heterocycles. The Labute approximate surface area is 106 Å². The third-order valence-corrected chi connectivity index (χ3v) is 2.59. The Morgan fingerprint density at radius 2 is 1.82 bits per heavy atom. The Morgan fingerprint density at radius 3 is 2.18 bits per heavy atom. The minimum Gasteiger partial charge on any atom is -0.369 e. The summed E-state index contributed by atoms with van der Waals surface area (Å²) < 4.78 is 0. The van der Waals surface area contributed by atoms with Crippen LogP contribution < -0.4 is 11.1 Å². The molecule has 98 valence electrons. The number of carbonyl (C=O) groups excluding carboxylic acids is 3. The highest BCUT2D eigenvalue weighted by molar-refractivity contribution is 7.80. The Morgan fingerprint density at radius 1 is 1.29 bits per heavy atom. The van der Waals surface area contributed by atoms with Gasteiger partial charge in [0.15, 0.2) is 0 Å². The van der Waals surface area contributed by atoms with Crippen molar-refractivity contribution in [2.45, 2.75) is 26.3 Å². The van der Waals surface area contributed by atoms with Crippen LogP contribution in [0.2, 0.25) is 0 Å². The lowest BCUT2D eigenvalue weighted by Crippen LogP contribution is -2.50. The van der Waals surface area contributed by atoms with Crippen LogP contribution in [-0.4, -0.2) is 47.5 Å². The van der Waals surface area contributed by atoms with Crippen LogP contribution in [0.4, 0.5) is 0 Å². The Kier molecular flexibility index (Phi) is 7.36. The van der Waals surface area contributed by atoms with E-state index in [0.717, 1.165) is 0 Å². The summed E-state index contributed by atoms with van der Waals surface area (Å²) in [7, 11) is 0. The van der Waals surface area contributed by atoms with Crippen LogP contribution in [0.5, 0.6) is 0 Å². The summed E-state index contributed by atoms with van der Waals surface area (Å²) in [4.78, 5) is 35.3. The molecule has 1 unspecified atom stereocenters. The second-order valence-corrected chi connectivity index (χ2v) is 3.82. The monoisotopic (exact) mass is 261 g/mol. The predicted octanol–water partition coefficient (Wildman–Crippen LogP) is -0.855. The first kappa shape index (κ1) is 15.8. The van der Waals surface area contributed by atoms with Gasteiger partial charge in [-0.3, -0.25) is 14.4 Å². The molecule has 0 saturated carbocycles. The number of nitrogens with two attached hydrogens (primary N) is 1. The normalized spacial score (nSPS) is 11.7. The molecule has 0 saturated heterocycles. The molecular weight excluding hydrogens is 242 g/mol. The van der Waals surface area contributed by atoms with Crippen molar-refractivity contribution in [1.29, 1.82) is 0 Å². The number of nitrogens with one attached hydrogen (secondary N) is 1. The molecule has 0 rings (SSSR count). The second kappa shape index (κ2) is 7.94. The molecule has 0 aliphatic carbocycles. The van der Waals surface area contributed by atoms with Crippen molar-refractivity contribution in [2.75, 3.05) is 18.8 Å². The number of primary amides is 1. The molecule has 0 heterocycles. The predicted molar refractivity (Wildman–Crippen MR) is 67.5 cm³/mol. The summed E-state index contributed by atoms with van der Waals surface area (Å²) in [5.41, 5.74) is 4.88. The van der Waals surface area contributed by atoms with Gasteiger partial charge in [0.25, 0.3) is 0 Å². The Bertz CT molecular complexity index is 293. The SMILES string of the molecule is CCN(CC)C(=O)C(CS)NC(=O)CC(N)=O. The van der Waals surface area contributed by atoms with Gasteiger partial charge in [-0.2, -0.15) is 12.6 Å². The largest absolute Gasteiger partial charge is 0.369 e. The van der Waals surface area contributed by atoms with Crippen LogP contribution in [0.3, 0.4) is 0 Å². The number of carbonyl (C=O) groups is 3. The zero-order valence-corrected chi connectivity index (χ0v) is 11.0. The van der Waals surface area contributed by atoms with Gasteiger partial charge >= 0.3 is 0 Å². The maximum absolute atomic E-state index is 11.9. The minimum atomic E-state index is -0.726. The molecular formula is C10H19N3O3S. The van der Waals surface area contributed by atoms with E-state index in [4.69, 9.17) is 5.73 Å². The topological polar surface area (TPSA) is 92.5 Å². The third-order valence-electron chi connectivity index (χ3n) is 2.23. The van der Waals surface area contributed by atoms with Crippen molar-refractivity contribution < 1.29 is 14.4 Å². The number of rotatable bonds is 7. The van der Waals surface area contributed by atoms with Crippen molar-refractivity contribution in [2.24, 2.45) is 5.73 Å². The van der Waals surface area contributed by atoms with Gasteiger partial charge in [-0.05, 0) is 13.8 Å². The van der Waals surface area contributed by atoms with E-state index >= 15 is 0 Å². The standard InChI is InChI=1S/C10H19N3O3S/c1-3-13(4-2)10(16)7(6-17)12-9(15)5-8(11)14/h7,17H,3-6H2,1-2H3,(H2,11,14)(H,12,15). The highest BCUT2D eigenvalue weighted by atomic mass is 32.1. The average molecular weight is 261 g/mol. The van der Waals surface area contributed by atoms with E-state index in [9.17, 15) is 14.4 Å². The highest BCUT2D eigenvalue weighted by Crippen LogP contribution is 1.98. The molecule has 7 heteroatoms. The fraction of sp³-hybridized carbons (Fsp3) is 0.700. The van der Waals surface area contributed by atoms with E-state index in [0.29, 0.717) is 13.1 Å². The molecule has 1 atom stereocenters. The molecule has 0 aromatic carbocycles. The molecule has 0 fully saturated rings. The fourth-order valence-corrected chi connectivity index (χ4v) is 1.59. The summed E-state index contributed by atoms with van der Waals surface area (Å²) >= 11 is 4.01. The van der Waals surface area contributed by atoms with Gasteiger partial charge in [-0.1, -0.05) is 0 Å². The van der Waals surface area contributed by atoms with Crippen molar-refractivity contribution in [3.63, 3.8) is 0 Å². The van der Waals surface area contributed by atoms with Gasteiger partial charge in [0.1, 0.15) is 12.5 Å². The van der Waals surface area contributed by atoms with Gasteiger partial charge in [-0.15, -0.1) is 0 Å².